The number of carbonyl (C=O) groups is 1. The molecule has 1 fully saturated rings. The van der Waals surface area contributed by atoms with Gasteiger partial charge in [-0.15, -0.1) is 0 Å². The lowest BCUT2D eigenvalue weighted by Crippen LogP contribution is -2.48. The molecule has 1 amide bonds. The van der Waals surface area contributed by atoms with Crippen LogP contribution in [0.2, 0.25) is 0 Å². The van der Waals surface area contributed by atoms with Crippen LogP contribution in [0.25, 0.3) is 0 Å². The first-order valence-electron chi connectivity index (χ1n) is 6.03. The molecule has 4 nitrogen and oxygen atoms in total. The van der Waals surface area contributed by atoms with Crippen molar-refractivity contribution in [1.82, 2.24) is 5.32 Å². The summed E-state index contributed by atoms with van der Waals surface area (Å²) >= 11 is 0. The molecule has 3 rings (SSSR count). The van der Waals surface area contributed by atoms with Crippen molar-refractivity contribution in [2.24, 2.45) is 0 Å². The smallest absolute Gasteiger partial charge is 0.221 e. The maximum atomic E-state index is 11.8. The monoisotopic (exact) mass is 232 g/mol. The lowest BCUT2D eigenvalue weighted by atomic mass is 9.97. The largest absolute Gasteiger partial charge is 0.384 e. The van der Waals surface area contributed by atoms with Crippen molar-refractivity contribution in [2.75, 3.05) is 25.1 Å². The number of hydrogen-bond donors (Lipinski definition) is 2. The van der Waals surface area contributed by atoms with Crippen LogP contribution in [0.3, 0.4) is 0 Å². The van der Waals surface area contributed by atoms with Crippen molar-refractivity contribution in [3.63, 3.8) is 0 Å². The van der Waals surface area contributed by atoms with E-state index >= 15 is 0 Å². The fourth-order valence-electron chi connectivity index (χ4n) is 2.37. The number of carbonyl (C=O) groups excluding carboxylic acids is 1. The van der Waals surface area contributed by atoms with Crippen LogP contribution in [0.5, 0.6) is 0 Å². The summed E-state index contributed by atoms with van der Waals surface area (Å²) in [6.07, 6.45) is 0.556. The molecule has 0 aromatic heterocycles. The van der Waals surface area contributed by atoms with Gasteiger partial charge in [0.15, 0.2) is 0 Å². The van der Waals surface area contributed by atoms with Crippen molar-refractivity contribution in [1.29, 1.82) is 0 Å². The summed E-state index contributed by atoms with van der Waals surface area (Å²) in [4.78, 5) is 11.8. The second-order valence-electron chi connectivity index (χ2n) is 4.67. The van der Waals surface area contributed by atoms with Gasteiger partial charge < -0.3 is 15.4 Å². The number of rotatable bonds is 3. The molecular weight excluding hydrogens is 216 g/mol. The van der Waals surface area contributed by atoms with E-state index in [9.17, 15) is 4.79 Å². The highest BCUT2D eigenvalue weighted by atomic mass is 16.5. The maximum Gasteiger partial charge on any atom is 0.221 e. The van der Waals surface area contributed by atoms with Crippen molar-refractivity contribution in [2.45, 2.75) is 18.4 Å². The van der Waals surface area contributed by atoms with E-state index in [0.717, 1.165) is 12.2 Å². The van der Waals surface area contributed by atoms with Crippen molar-refractivity contribution < 1.29 is 9.53 Å². The predicted octanol–water partition coefficient (Wildman–Crippen LogP) is 1.10. The Morgan fingerprint density at radius 3 is 3.00 bits per heavy atom. The fraction of sp³-hybridized carbons (Fsp3) is 0.462. The van der Waals surface area contributed by atoms with Gasteiger partial charge in [-0.3, -0.25) is 4.79 Å². The van der Waals surface area contributed by atoms with E-state index < -0.39 is 0 Å². The third-order valence-corrected chi connectivity index (χ3v) is 3.37. The third-order valence-electron chi connectivity index (χ3n) is 3.37. The van der Waals surface area contributed by atoms with Crippen molar-refractivity contribution >= 4 is 11.6 Å². The fourth-order valence-corrected chi connectivity index (χ4v) is 2.37. The van der Waals surface area contributed by atoms with Gasteiger partial charge in [-0.1, -0.05) is 18.2 Å². The standard InChI is InChI=1S/C13H16N2O2/c16-13(15-10-7-17-8-10)5-9-6-14-12-4-2-1-3-11(9)12/h1-4,9-10,14H,5-8H2,(H,15,16). The highest BCUT2D eigenvalue weighted by Gasteiger charge is 2.26. The van der Waals surface area contributed by atoms with Gasteiger partial charge in [-0.2, -0.15) is 0 Å². The molecule has 1 atom stereocenters. The molecule has 1 aromatic carbocycles. The van der Waals surface area contributed by atoms with Crippen molar-refractivity contribution in [3.05, 3.63) is 29.8 Å². The minimum atomic E-state index is 0.127. The maximum absolute atomic E-state index is 11.8. The van der Waals surface area contributed by atoms with E-state index in [0.29, 0.717) is 25.6 Å². The van der Waals surface area contributed by atoms with Gasteiger partial charge in [0.2, 0.25) is 5.91 Å². The molecule has 2 aliphatic rings. The van der Waals surface area contributed by atoms with Gasteiger partial charge in [0.25, 0.3) is 0 Å². The Morgan fingerprint density at radius 2 is 2.24 bits per heavy atom. The van der Waals surface area contributed by atoms with Crippen molar-refractivity contribution in [3.8, 4) is 0 Å². The van der Waals surface area contributed by atoms with Gasteiger partial charge in [0, 0.05) is 24.6 Å². The van der Waals surface area contributed by atoms with Gasteiger partial charge in [-0.25, -0.2) is 0 Å². The zero-order valence-electron chi connectivity index (χ0n) is 9.61. The Morgan fingerprint density at radius 1 is 1.41 bits per heavy atom. The van der Waals surface area contributed by atoms with Crippen LogP contribution in [0.1, 0.15) is 17.9 Å². The summed E-state index contributed by atoms with van der Waals surface area (Å²) in [6.45, 7) is 2.17. The first-order chi connectivity index (χ1) is 8.33. The zero-order chi connectivity index (χ0) is 11.7. The molecule has 17 heavy (non-hydrogen) atoms. The summed E-state index contributed by atoms with van der Waals surface area (Å²) in [5, 5.41) is 6.31. The van der Waals surface area contributed by atoms with Crippen LogP contribution >= 0.6 is 0 Å². The number of ether oxygens (including phenoxy) is 1. The minimum absolute atomic E-state index is 0.127. The number of para-hydroxylation sites is 1. The van der Waals surface area contributed by atoms with Crippen LogP contribution in [0, 0.1) is 0 Å². The molecule has 0 saturated carbocycles. The van der Waals surface area contributed by atoms with E-state index in [1.54, 1.807) is 0 Å². The highest BCUT2D eigenvalue weighted by molar-refractivity contribution is 5.78. The molecule has 1 unspecified atom stereocenters. The Balaban J connectivity index is 1.60. The number of nitrogens with one attached hydrogen (secondary N) is 2. The highest BCUT2D eigenvalue weighted by Crippen LogP contribution is 2.33. The van der Waals surface area contributed by atoms with Gasteiger partial charge in [-0.05, 0) is 11.6 Å². The molecule has 2 N–H and O–H groups in total. The molecular formula is C13H16N2O2. The molecule has 0 aliphatic carbocycles. The van der Waals surface area contributed by atoms with E-state index in [4.69, 9.17) is 4.74 Å². The second-order valence-corrected chi connectivity index (χ2v) is 4.67. The Bertz CT molecular complexity index is 429. The Labute approximate surface area is 100 Å². The molecule has 0 radical (unpaired) electrons. The molecule has 1 aromatic rings. The third kappa shape index (κ3) is 2.13. The molecule has 1 saturated heterocycles. The first kappa shape index (κ1) is 10.6. The molecule has 90 valence electrons. The first-order valence-corrected chi connectivity index (χ1v) is 6.03. The average Bonchev–Trinajstić information content (AvgIpc) is 2.68. The van der Waals surface area contributed by atoms with Crippen LogP contribution < -0.4 is 10.6 Å². The summed E-state index contributed by atoms with van der Waals surface area (Å²) < 4.78 is 5.03. The van der Waals surface area contributed by atoms with E-state index in [1.807, 2.05) is 12.1 Å². The van der Waals surface area contributed by atoms with Crippen LogP contribution in [0.4, 0.5) is 5.69 Å². The average molecular weight is 232 g/mol. The number of hydrogen-bond acceptors (Lipinski definition) is 3. The summed E-state index contributed by atoms with van der Waals surface area (Å²) in [6, 6.07) is 8.43. The SMILES string of the molecule is O=C(CC1CNc2ccccc21)NC1COC1. The van der Waals surface area contributed by atoms with Crippen LogP contribution in [-0.2, 0) is 9.53 Å². The minimum Gasteiger partial charge on any atom is -0.384 e. The summed E-state index contributed by atoms with van der Waals surface area (Å²) in [5.74, 6) is 0.425. The van der Waals surface area contributed by atoms with E-state index in [2.05, 4.69) is 22.8 Å². The van der Waals surface area contributed by atoms with Gasteiger partial charge in [0.1, 0.15) is 0 Å². The predicted molar refractivity (Wildman–Crippen MR) is 65.0 cm³/mol. The molecule has 2 aliphatic heterocycles. The van der Waals surface area contributed by atoms with Crippen LogP contribution in [0.15, 0.2) is 24.3 Å². The van der Waals surface area contributed by atoms with Gasteiger partial charge >= 0.3 is 0 Å². The number of amides is 1. The lowest BCUT2D eigenvalue weighted by molar-refractivity contribution is -0.125. The Kier molecular flexibility index (Phi) is 2.73. The lowest BCUT2D eigenvalue weighted by Gasteiger charge is -2.27. The summed E-state index contributed by atoms with van der Waals surface area (Å²) in [7, 11) is 0. The van der Waals surface area contributed by atoms with E-state index in [1.165, 1.54) is 5.56 Å². The Hall–Kier alpha value is -1.55. The van der Waals surface area contributed by atoms with Gasteiger partial charge in [0.05, 0.1) is 19.3 Å². The normalized spacial score (nSPS) is 22.5. The number of benzene rings is 1. The van der Waals surface area contributed by atoms with E-state index in [-0.39, 0.29) is 11.9 Å². The summed E-state index contributed by atoms with van der Waals surface area (Å²) in [5.41, 5.74) is 2.42. The molecule has 4 heteroatoms. The number of anilines is 1. The topological polar surface area (TPSA) is 50.4 Å². The zero-order valence-corrected chi connectivity index (χ0v) is 9.61. The molecule has 0 spiro atoms. The quantitative estimate of drug-likeness (QED) is 0.820. The van der Waals surface area contributed by atoms with Crippen LogP contribution in [-0.4, -0.2) is 31.7 Å². The molecule has 2 heterocycles. The molecule has 0 bridgehead atoms. The second kappa shape index (κ2) is 4.37. The number of fused-ring (bicyclic) bond motifs is 1.